The molecule has 120 valence electrons. The molecule has 0 bridgehead atoms. The van der Waals surface area contributed by atoms with Crippen LogP contribution in [0.3, 0.4) is 0 Å². The Bertz CT molecular complexity index is 544. The molecule has 22 heavy (non-hydrogen) atoms. The summed E-state index contributed by atoms with van der Waals surface area (Å²) >= 11 is 0. The number of hydrogen-bond donors (Lipinski definition) is 1. The lowest BCUT2D eigenvalue weighted by Gasteiger charge is -2.25. The van der Waals surface area contributed by atoms with E-state index in [2.05, 4.69) is 11.4 Å². The maximum absolute atomic E-state index is 11.8. The second-order valence-electron chi connectivity index (χ2n) is 6.31. The SMILES string of the molecule is CC(NCCN(C)C(=O)OC(C)(C)C)c1cccc(C#N)c1. The fourth-order valence-electron chi connectivity index (χ4n) is 1.88. The van der Waals surface area contributed by atoms with Gasteiger partial charge in [-0.2, -0.15) is 5.26 Å². The maximum Gasteiger partial charge on any atom is 0.410 e. The summed E-state index contributed by atoms with van der Waals surface area (Å²) in [4.78, 5) is 13.4. The molecule has 1 aromatic carbocycles. The summed E-state index contributed by atoms with van der Waals surface area (Å²) in [6, 6.07) is 9.76. The number of nitriles is 1. The largest absolute Gasteiger partial charge is 0.444 e. The molecule has 1 N–H and O–H groups in total. The highest BCUT2D eigenvalue weighted by molar-refractivity contribution is 5.67. The zero-order valence-electron chi connectivity index (χ0n) is 14.0. The lowest BCUT2D eigenvalue weighted by Crippen LogP contribution is -2.38. The van der Waals surface area contributed by atoms with Gasteiger partial charge in [-0.1, -0.05) is 12.1 Å². The third-order valence-electron chi connectivity index (χ3n) is 3.12. The van der Waals surface area contributed by atoms with Crippen molar-refractivity contribution in [1.82, 2.24) is 10.2 Å². The summed E-state index contributed by atoms with van der Waals surface area (Å²) in [6.45, 7) is 8.78. The molecular weight excluding hydrogens is 278 g/mol. The molecule has 0 radical (unpaired) electrons. The molecule has 5 nitrogen and oxygen atoms in total. The minimum absolute atomic E-state index is 0.111. The van der Waals surface area contributed by atoms with Crippen LogP contribution in [0.4, 0.5) is 4.79 Å². The predicted molar refractivity (Wildman–Crippen MR) is 86.4 cm³/mol. The number of benzene rings is 1. The Balaban J connectivity index is 2.43. The minimum atomic E-state index is -0.482. The molecule has 1 aromatic rings. The predicted octanol–water partition coefficient (Wildman–Crippen LogP) is 3.08. The molecule has 0 fully saturated rings. The van der Waals surface area contributed by atoms with Crippen molar-refractivity contribution in [3.8, 4) is 6.07 Å². The van der Waals surface area contributed by atoms with Crippen molar-refractivity contribution in [2.75, 3.05) is 20.1 Å². The van der Waals surface area contributed by atoms with E-state index in [1.807, 2.05) is 45.9 Å². The highest BCUT2D eigenvalue weighted by atomic mass is 16.6. The summed E-state index contributed by atoms with van der Waals surface area (Å²) in [7, 11) is 1.72. The van der Waals surface area contributed by atoms with Gasteiger partial charge in [-0.15, -0.1) is 0 Å². The topological polar surface area (TPSA) is 65.4 Å². The number of nitrogens with one attached hydrogen (secondary N) is 1. The van der Waals surface area contributed by atoms with Gasteiger partial charge in [0.1, 0.15) is 5.60 Å². The van der Waals surface area contributed by atoms with Crippen molar-refractivity contribution in [2.45, 2.75) is 39.3 Å². The van der Waals surface area contributed by atoms with Crippen LogP contribution in [-0.2, 0) is 4.74 Å². The van der Waals surface area contributed by atoms with Crippen molar-refractivity contribution in [3.05, 3.63) is 35.4 Å². The molecule has 0 aliphatic heterocycles. The van der Waals surface area contributed by atoms with Crippen LogP contribution >= 0.6 is 0 Å². The molecule has 0 aliphatic carbocycles. The lowest BCUT2D eigenvalue weighted by molar-refractivity contribution is 0.0299. The molecule has 0 spiro atoms. The van der Waals surface area contributed by atoms with Gasteiger partial charge in [0.15, 0.2) is 0 Å². The van der Waals surface area contributed by atoms with Gasteiger partial charge in [0.2, 0.25) is 0 Å². The van der Waals surface area contributed by atoms with Crippen LogP contribution < -0.4 is 5.32 Å². The van der Waals surface area contributed by atoms with E-state index in [-0.39, 0.29) is 12.1 Å². The first-order valence-electron chi connectivity index (χ1n) is 7.40. The van der Waals surface area contributed by atoms with Crippen LogP contribution in [-0.4, -0.2) is 36.7 Å². The van der Waals surface area contributed by atoms with Gasteiger partial charge in [0, 0.05) is 26.2 Å². The number of amides is 1. The second kappa shape index (κ2) is 7.81. The van der Waals surface area contributed by atoms with Gasteiger partial charge in [-0.25, -0.2) is 4.79 Å². The fourth-order valence-corrected chi connectivity index (χ4v) is 1.88. The summed E-state index contributed by atoms with van der Waals surface area (Å²) in [6.07, 6.45) is -0.326. The number of likely N-dealkylation sites (N-methyl/N-ethyl adjacent to an activating group) is 1. The monoisotopic (exact) mass is 303 g/mol. The normalized spacial score (nSPS) is 12.4. The Morgan fingerprint density at radius 3 is 2.73 bits per heavy atom. The quantitative estimate of drug-likeness (QED) is 0.908. The highest BCUT2D eigenvalue weighted by Gasteiger charge is 2.19. The van der Waals surface area contributed by atoms with E-state index in [9.17, 15) is 4.79 Å². The smallest absolute Gasteiger partial charge is 0.410 e. The van der Waals surface area contributed by atoms with Crippen molar-refractivity contribution < 1.29 is 9.53 Å². The Hall–Kier alpha value is -2.06. The van der Waals surface area contributed by atoms with Gasteiger partial charge in [-0.05, 0) is 45.4 Å². The van der Waals surface area contributed by atoms with Crippen LogP contribution in [0, 0.1) is 11.3 Å². The summed E-state index contributed by atoms with van der Waals surface area (Å²) in [5.74, 6) is 0. The number of ether oxygens (including phenoxy) is 1. The minimum Gasteiger partial charge on any atom is -0.444 e. The van der Waals surface area contributed by atoms with Crippen molar-refractivity contribution in [2.24, 2.45) is 0 Å². The second-order valence-corrected chi connectivity index (χ2v) is 6.31. The Morgan fingerprint density at radius 1 is 1.45 bits per heavy atom. The van der Waals surface area contributed by atoms with E-state index < -0.39 is 5.60 Å². The van der Waals surface area contributed by atoms with Crippen LogP contribution in [0.25, 0.3) is 0 Å². The van der Waals surface area contributed by atoms with Gasteiger partial charge >= 0.3 is 6.09 Å². The van der Waals surface area contributed by atoms with Crippen LogP contribution in [0.5, 0.6) is 0 Å². The molecule has 5 heteroatoms. The van der Waals surface area contributed by atoms with E-state index in [4.69, 9.17) is 10.00 Å². The van der Waals surface area contributed by atoms with Crippen molar-refractivity contribution in [1.29, 1.82) is 5.26 Å². The van der Waals surface area contributed by atoms with Crippen molar-refractivity contribution in [3.63, 3.8) is 0 Å². The van der Waals surface area contributed by atoms with Crippen molar-refractivity contribution >= 4 is 6.09 Å². The molecular formula is C17H25N3O2. The zero-order chi connectivity index (χ0) is 16.8. The van der Waals surface area contributed by atoms with E-state index in [0.29, 0.717) is 18.7 Å². The molecule has 0 aliphatic rings. The molecule has 1 amide bonds. The first-order chi connectivity index (χ1) is 10.2. The summed E-state index contributed by atoms with van der Waals surface area (Å²) in [5, 5.41) is 12.3. The summed E-state index contributed by atoms with van der Waals surface area (Å²) < 4.78 is 5.30. The average molecular weight is 303 g/mol. The van der Waals surface area contributed by atoms with Gasteiger partial charge in [-0.3, -0.25) is 0 Å². The zero-order valence-corrected chi connectivity index (χ0v) is 14.0. The maximum atomic E-state index is 11.8. The van der Waals surface area contributed by atoms with E-state index in [1.165, 1.54) is 0 Å². The first-order valence-corrected chi connectivity index (χ1v) is 7.40. The van der Waals surface area contributed by atoms with Gasteiger partial charge in [0.25, 0.3) is 0 Å². The average Bonchev–Trinajstić information content (AvgIpc) is 2.45. The summed E-state index contributed by atoms with van der Waals surface area (Å²) in [5.41, 5.74) is 1.22. The Morgan fingerprint density at radius 2 is 2.14 bits per heavy atom. The van der Waals surface area contributed by atoms with Crippen LogP contribution in [0.1, 0.15) is 44.9 Å². The van der Waals surface area contributed by atoms with Crippen LogP contribution in [0.15, 0.2) is 24.3 Å². The Labute approximate surface area is 132 Å². The van der Waals surface area contributed by atoms with E-state index in [1.54, 1.807) is 18.0 Å². The van der Waals surface area contributed by atoms with Gasteiger partial charge in [0.05, 0.1) is 11.6 Å². The number of carbonyl (C=O) groups is 1. The van der Waals surface area contributed by atoms with E-state index in [0.717, 1.165) is 5.56 Å². The van der Waals surface area contributed by atoms with Gasteiger partial charge < -0.3 is 15.0 Å². The first kappa shape index (κ1) is 18.0. The number of carbonyl (C=O) groups excluding carboxylic acids is 1. The standard InChI is InChI=1S/C17H25N3O2/c1-13(15-8-6-7-14(11-15)12-18)19-9-10-20(5)16(21)22-17(2,3)4/h6-8,11,13,19H,9-10H2,1-5H3. The molecule has 1 rings (SSSR count). The molecule has 0 saturated heterocycles. The third-order valence-corrected chi connectivity index (χ3v) is 3.12. The van der Waals surface area contributed by atoms with E-state index >= 15 is 0 Å². The number of hydrogen-bond acceptors (Lipinski definition) is 4. The molecule has 0 saturated carbocycles. The lowest BCUT2D eigenvalue weighted by atomic mass is 10.1. The Kier molecular flexibility index (Phi) is 6.39. The molecule has 0 heterocycles. The highest BCUT2D eigenvalue weighted by Crippen LogP contribution is 2.13. The number of nitrogens with zero attached hydrogens (tertiary/aromatic N) is 2. The third kappa shape index (κ3) is 6.15. The number of rotatable bonds is 5. The molecule has 0 aromatic heterocycles. The molecule has 1 atom stereocenters. The van der Waals surface area contributed by atoms with Crippen LogP contribution in [0.2, 0.25) is 0 Å². The molecule has 1 unspecified atom stereocenters. The fraction of sp³-hybridized carbons (Fsp3) is 0.529.